The number of Topliss-reactive ketones (excluding diaryl/α,β-unsaturated/α-hetero) is 1. The van der Waals surface area contributed by atoms with Crippen molar-refractivity contribution in [3.05, 3.63) is 23.0 Å². The molecule has 0 bridgehead atoms. The number of methoxy groups -OCH3 is 2. The SMILES string of the molecule is COc1c(F)cc2c(c1OC)CCCC2=O. The Bertz CT molecular complexity index is 440. The highest BCUT2D eigenvalue weighted by Crippen LogP contribution is 2.39. The molecule has 1 aromatic rings. The summed E-state index contributed by atoms with van der Waals surface area (Å²) in [5, 5.41) is 0. The molecule has 0 fully saturated rings. The van der Waals surface area contributed by atoms with E-state index in [0.717, 1.165) is 18.4 Å². The molecule has 2 rings (SSSR count). The monoisotopic (exact) mass is 224 g/mol. The molecule has 0 atom stereocenters. The van der Waals surface area contributed by atoms with E-state index in [1.165, 1.54) is 20.3 Å². The highest BCUT2D eigenvalue weighted by Gasteiger charge is 2.26. The number of carbonyl (C=O) groups excluding carboxylic acids is 1. The minimum absolute atomic E-state index is 0.0268. The second-order valence-corrected chi connectivity index (χ2v) is 3.73. The van der Waals surface area contributed by atoms with Crippen LogP contribution in [0.3, 0.4) is 0 Å². The first-order valence-electron chi connectivity index (χ1n) is 5.15. The van der Waals surface area contributed by atoms with Crippen LogP contribution < -0.4 is 9.47 Å². The van der Waals surface area contributed by atoms with Gasteiger partial charge in [-0.3, -0.25) is 4.79 Å². The lowest BCUT2D eigenvalue weighted by atomic mass is 9.89. The maximum atomic E-state index is 13.6. The molecule has 0 saturated heterocycles. The third kappa shape index (κ3) is 1.54. The largest absolute Gasteiger partial charge is 0.492 e. The number of halogens is 1. The number of hydrogen-bond acceptors (Lipinski definition) is 3. The number of hydrogen-bond donors (Lipinski definition) is 0. The van der Waals surface area contributed by atoms with E-state index in [4.69, 9.17) is 9.47 Å². The average molecular weight is 224 g/mol. The summed E-state index contributed by atoms with van der Waals surface area (Å²) in [6.07, 6.45) is 1.97. The van der Waals surface area contributed by atoms with Crippen LogP contribution in [-0.4, -0.2) is 20.0 Å². The Hall–Kier alpha value is -1.58. The van der Waals surface area contributed by atoms with Crippen molar-refractivity contribution in [2.24, 2.45) is 0 Å². The van der Waals surface area contributed by atoms with Gasteiger partial charge in [0.05, 0.1) is 14.2 Å². The first-order chi connectivity index (χ1) is 7.69. The molecular weight excluding hydrogens is 211 g/mol. The van der Waals surface area contributed by atoms with Crippen LogP contribution in [0.5, 0.6) is 11.5 Å². The van der Waals surface area contributed by atoms with Crippen molar-refractivity contribution in [3.63, 3.8) is 0 Å². The van der Waals surface area contributed by atoms with E-state index in [0.29, 0.717) is 17.7 Å². The summed E-state index contributed by atoms with van der Waals surface area (Å²) >= 11 is 0. The zero-order valence-corrected chi connectivity index (χ0v) is 9.30. The molecule has 86 valence electrons. The predicted molar refractivity (Wildman–Crippen MR) is 56.8 cm³/mol. The maximum absolute atomic E-state index is 13.6. The van der Waals surface area contributed by atoms with Crippen molar-refractivity contribution in [3.8, 4) is 11.5 Å². The topological polar surface area (TPSA) is 35.5 Å². The Morgan fingerprint density at radius 2 is 1.88 bits per heavy atom. The normalized spacial score (nSPS) is 14.6. The molecule has 1 aliphatic rings. The molecule has 16 heavy (non-hydrogen) atoms. The van der Waals surface area contributed by atoms with Gasteiger partial charge in [0.25, 0.3) is 0 Å². The van der Waals surface area contributed by atoms with Crippen molar-refractivity contribution in [1.82, 2.24) is 0 Å². The molecule has 0 unspecified atom stereocenters. The number of rotatable bonds is 2. The Morgan fingerprint density at radius 1 is 1.19 bits per heavy atom. The van der Waals surface area contributed by atoms with Gasteiger partial charge in [-0.05, 0) is 18.9 Å². The molecule has 1 aliphatic carbocycles. The molecule has 0 saturated carbocycles. The molecule has 0 spiro atoms. The minimum atomic E-state index is -0.548. The molecule has 0 aliphatic heterocycles. The fourth-order valence-corrected chi connectivity index (χ4v) is 2.11. The number of carbonyl (C=O) groups is 1. The molecule has 0 heterocycles. The zero-order valence-electron chi connectivity index (χ0n) is 9.30. The van der Waals surface area contributed by atoms with Crippen molar-refractivity contribution >= 4 is 5.78 Å². The zero-order chi connectivity index (χ0) is 11.7. The Labute approximate surface area is 93.2 Å². The molecule has 0 N–H and O–H groups in total. The van der Waals surface area contributed by atoms with Crippen molar-refractivity contribution in [2.45, 2.75) is 19.3 Å². The number of benzene rings is 1. The van der Waals surface area contributed by atoms with Gasteiger partial charge in [0, 0.05) is 17.5 Å². The van der Waals surface area contributed by atoms with Crippen LogP contribution in [-0.2, 0) is 6.42 Å². The lowest BCUT2D eigenvalue weighted by Crippen LogP contribution is -2.13. The summed E-state index contributed by atoms with van der Waals surface area (Å²) in [5.41, 5.74) is 1.19. The second kappa shape index (κ2) is 4.12. The number of ketones is 1. The summed E-state index contributed by atoms with van der Waals surface area (Å²) in [4.78, 5) is 11.6. The fourth-order valence-electron chi connectivity index (χ4n) is 2.11. The maximum Gasteiger partial charge on any atom is 0.197 e. The quantitative estimate of drug-likeness (QED) is 0.773. The van der Waals surface area contributed by atoms with Gasteiger partial charge < -0.3 is 9.47 Å². The summed E-state index contributed by atoms with van der Waals surface area (Å²) in [5.74, 6) is -0.143. The molecular formula is C12H13FO3. The third-order valence-corrected chi connectivity index (χ3v) is 2.83. The summed E-state index contributed by atoms with van der Waals surface area (Å²) in [7, 11) is 2.84. The van der Waals surface area contributed by atoms with Gasteiger partial charge >= 0.3 is 0 Å². The van der Waals surface area contributed by atoms with E-state index in [9.17, 15) is 9.18 Å². The van der Waals surface area contributed by atoms with E-state index < -0.39 is 5.82 Å². The first kappa shape index (κ1) is 10.9. The van der Waals surface area contributed by atoms with E-state index in [-0.39, 0.29) is 11.5 Å². The summed E-state index contributed by atoms with van der Waals surface area (Å²) in [6, 6.07) is 1.25. The van der Waals surface area contributed by atoms with Crippen LogP contribution in [0.15, 0.2) is 6.07 Å². The van der Waals surface area contributed by atoms with Crippen LogP contribution in [0, 0.1) is 5.82 Å². The van der Waals surface area contributed by atoms with Crippen LogP contribution in [0.25, 0.3) is 0 Å². The van der Waals surface area contributed by atoms with Crippen LogP contribution in [0.2, 0.25) is 0 Å². The molecule has 0 radical (unpaired) electrons. The van der Waals surface area contributed by atoms with E-state index >= 15 is 0 Å². The van der Waals surface area contributed by atoms with Gasteiger partial charge in [0.1, 0.15) is 0 Å². The predicted octanol–water partition coefficient (Wildman–Crippen LogP) is 2.36. The molecule has 1 aromatic carbocycles. The lowest BCUT2D eigenvalue weighted by Gasteiger charge is -2.20. The van der Waals surface area contributed by atoms with Crippen molar-refractivity contribution < 1.29 is 18.7 Å². The summed E-state index contributed by atoms with van der Waals surface area (Å²) in [6.45, 7) is 0. The van der Waals surface area contributed by atoms with Gasteiger partial charge in [-0.15, -0.1) is 0 Å². The Morgan fingerprint density at radius 3 is 2.50 bits per heavy atom. The Balaban J connectivity index is 2.68. The standard InChI is InChI=1S/C12H13FO3/c1-15-11-7-4-3-5-10(14)8(7)6-9(13)12(11)16-2/h6H,3-5H2,1-2H3. The van der Waals surface area contributed by atoms with Gasteiger partial charge in [-0.1, -0.05) is 0 Å². The Kier molecular flexibility index (Phi) is 2.81. The lowest BCUT2D eigenvalue weighted by molar-refractivity contribution is 0.0971. The van der Waals surface area contributed by atoms with Crippen LogP contribution >= 0.6 is 0 Å². The van der Waals surface area contributed by atoms with Gasteiger partial charge in [-0.25, -0.2) is 4.39 Å². The summed E-state index contributed by atoms with van der Waals surface area (Å²) < 4.78 is 23.7. The number of fused-ring (bicyclic) bond motifs is 1. The minimum Gasteiger partial charge on any atom is -0.492 e. The second-order valence-electron chi connectivity index (χ2n) is 3.73. The van der Waals surface area contributed by atoms with E-state index in [1.807, 2.05) is 0 Å². The van der Waals surface area contributed by atoms with Gasteiger partial charge in [-0.2, -0.15) is 0 Å². The van der Waals surface area contributed by atoms with E-state index in [1.54, 1.807) is 0 Å². The molecule has 3 nitrogen and oxygen atoms in total. The van der Waals surface area contributed by atoms with Crippen molar-refractivity contribution in [2.75, 3.05) is 14.2 Å². The number of ether oxygens (including phenoxy) is 2. The average Bonchev–Trinajstić information content (AvgIpc) is 2.28. The molecule has 4 heteroatoms. The van der Waals surface area contributed by atoms with Crippen LogP contribution in [0.4, 0.5) is 4.39 Å². The van der Waals surface area contributed by atoms with Gasteiger partial charge in [0.2, 0.25) is 0 Å². The molecule has 0 amide bonds. The highest BCUT2D eigenvalue weighted by atomic mass is 19.1. The molecule has 0 aromatic heterocycles. The van der Waals surface area contributed by atoms with E-state index in [2.05, 4.69) is 0 Å². The third-order valence-electron chi connectivity index (χ3n) is 2.83. The van der Waals surface area contributed by atoms with Crippen molar-refractivity contribution in [1.29, 1.82) is 0 Å². The van der Waals surface area contributed by atoms with Crippen LogP contribution in [0.1, 0.15) is 28.8 Å². The fraction of sp³-hybridized carbons (Fsp3) is 0.417. The highest BCUT2D eigenvalue weighted by molar-refractivity contribution is 5.99. The smallest absolute Gasteiger partial charge is 0.197 e. The van der Waals surface area contributed by atoms with Gasteiger partial charge in [0.15, 0.2) is 23.1 Å². The first-order valence-corrected chi connectivity index (χ1v) is 5.15.